The van der Waals surface area contributed by atoms with Crippen molar-refractivity contribution in [1.29, 1.82) is 0 Å². The van der Waals surface area contributed by atoms with Gasteiger partial charge in [0.1, 0.15) is 5.37 Å². The van der Waals surface area contributed by atoms with E-state index in [9.17, 15) is 0 Å². The lowest BCUT2D eigenvalue weighted by Crippen LogP contribution is -2.09. The fraction of sp³-hybridized carbons (Fsp3) is 0.111. The molecular weight excluding hydrogens is 154 g/mol. The lowest BCUT2D eigenvalue weighted by Gasteiger charge is -2.14. The minimum absolute atomic E-state index is 0.713. The molecule has 2 aliphatic heterocycles. The van der Waals surface area contributed by atoms with E-state index in [1.807, 2.05) is 11.9 Å². The lowest BCUT2D eigenvalue weighted by atomic mass is 10.1. The summed E-state index contributed by atoms with van der Waals surface area (Å²) in [5.74, 6) is 0. The smallest absolute Gasteiger partial charge is 0.126 e. The molecular formula is C9H7NS. The van der Waals surface area contributed by atoms with Crippen LogP contribution in [0.3, 0.4) is 0 Å². The van der Waals surface area contributed by atoms with Crippen LogP contribution in [0.15, 0.2) is 36.4 Å². The molecule has 1 unspecified atom stereocenters. The first-order valence-electron chi connectivity index (χ1n) is 3.68. The summed E-state index contributed by atoms with van der Waals surface area (Å²) in [6, 6.07) is 10.5. The van der Waals surface area contributed by atoms with Crippen molar-refractivity contribution in [2.24, 2.45) is 0 Å². The molecule has 1 fully saturated rings. The second-order valence-corrected chi connectivity index (χ2v) is 3.83. The van der Waals surface area contributed by atoms with Gasteiger partial charge >= 0.3 is 0 Å². The van der Waals surface area contributed by atoms with E-state index in [0.29, 0.717) is 5.37 Å². The summed E-state index contributed by atoms with van der Waals surface area (Å²) in [5.41, 5.74) is 2.73. The molecule has 1 atom stereocenters. The third-order valence-corrected chi connectivity index (χ3v) is 3.01. The van der Waals surface area contributed by atoms with Crippen molar-refractivity contribution in [3.63, 3.8) is 0 Å². The predicted octanol–water partition coefficient (Wildman–Crippen LogP) is 2.33. The molecule has 2 heterocycles. The highest BCUT2D eigenvalue weighted by atomic mass is 32.2. The van der Waals surface area contributed by atoms with Gasteiger partial charge < -0.3 is 0 Å². The van der Waals surface area contributed by atoms with Crippen molar-refractivity contribution in [2.45, 2.75) is 5.37 Å². The highest BCUT2D eigenvalue weighted by Crippen LogP contribution is 2.56. The molecule has 3 rings (SSSR count). The van der Waals surface area contributed by atoms with E-state index in [-0.39, 0.29) is 0 Å². The fourth-order valence-corrected chi connectivity index (χ4v) is 2.16. The maximum Gasteiger partial charge on any atom is 0.126 e. The van der Waals surface area contributed by atoms with Crippen molar-refractivity contribution in [1.82, 2.24) is 4.31 Å². The molecule has 1 saturated heterocycles. The van der Waals surface area contributed by atoms with E-state index in [4.69, 9.17) is 0 Å². The number of rotatable bonds is 1. The van der Waals surface area contributed by atoms with E-state index in [1.165, 1.54) is 11.3 Å². The van der Waals surface area contributed by atoms with Gasteiger partial charge in [0.15, 0.2) is 0 Å². The van der Waals surface area contributed by atoms with Crippen LogP contribution in [0.2, 0.25) is 0 Å². The molecule has 11 heavy (non-hydrogen) atoms. The van der Waals surface area contributed by atoms with Crippen LogP contribution < -0.4 is 0 Å². The van der Waals surface area contributed by atoms with E-state index < -0.39 is 0 Å². The SMILES string of the molecule is C1=C(c2ccccc2)N2SC12. The van der Waals surface area contributed by atoms with Gasteiger partial charge in [0.25, 0.3) is 0 Å². The van der Waals surface area contributed by atoms with Gasteiger partial charge in [-0.15, -0.1) is 0 Å². The molecule has 0 aliphatic carbocycles. The quantitative estimate of drug-likeness (QED) is 0.459. The Bertz CT molecular complexity index is 318. The molecule has 1 aromatic rings. The summed E-state index contributed by atoms with van der Waals surface area (Å²) >= 11 is 1.90. The zero-order valence-corrected chi connectivity index (χ0v) is 6.71. The summed E-state index contributed by atoms with van der Waals surface area (Å²) in [7, 11) is 0. The molecule has 0 amide bonds. The molecule has 0 aromatic heterocycles. The summed E-state index contributed by atoms with van der Waals surface area (Å²) < 4.78 is 2.33. The Labute approximate surface area is 69.8 Å². The Morgan fingerprint density at radius 3 is 2.55 bits per heavy atom. The average molecular weight is 161 g/mol. The van der Waals surface area contributed by atoms with Crippen molar-refractivity contribution in [3.8, 4) is 0 Å². The third-order valence-electron chi connectivity index (χ3n) is 2.01. The van der Waals surface area contributed by atoms with Gasteiger partial charge in [0, 0.05) is 0 Å². The van der Waals surface area contributed by atoms with Gasteiger partial charge in [-0.3, -0.25) is 4.31 Å². The normalized spacial score (nSPS) is 25.3. The van der Waals surface area contributed by atoms with E-state index in [2.05, 4.69) is 40.7 Å². The van der Waals surface area contributed by atoms with Crippen molar-refractivity contribution in [2.75, 3.05) is 0 Å². The Morgan fingerprint density at radius 1 is 1.18 bits per heavy atom. The molecule has 0 radical (unpaired) electrons. The Balaban J connectivity index is 2.01. The number of nitrogens with zero attached hydrogens (tertiary/aromatic N) is 1. The summed E-state index contributed by atoms with van der Waals surface area (Å²) in [4.78, 5) is 0. The summed E-state index contributed by atoms with van der Waals surface area (Å²) in [6.45, 7) is 0. The maximum absolute atomic E-state index is 2.33. The highest BCUT2D eigenvalue weighted by Gasteiger charge is 2.45. The highest BCUT2D eigenvalue weighted by molar-refractivity contribution is 8.04. The van der Waals surface area contributed by atoms with Crippen LogP contribution in [0.1, 0.15) is 5.56 Å². The number of benzene rings is 1. The summed E-state index contributed by atoms with van der Waals surface area (Å²) in [6.07, 6.45) is 2.31. The zero-order chi connectivity index (χ0) is 7.26. The number of hydrogen-bond acceptors (Lipinski definition) is 2. The topological polar surface area (TPSA) is 3.01 Å². The molecule has 1 aromatic carbocycles. The molecule has 0 bridgehead atoms. The molecule has 0 spiro atoms. The van der Waals surface area contributed by atoms with Crippen molar-refractivity contribution in [3.05, 3.63) is 42.0 Å². The average Bonchev–Trinajstić information content (AvgIpc) is 2.64. The van der Waals surface area contributed by atoms with E-state index in [1.54, 1.807) is 0 Å². The predicted molar refractivity (Wildman–Crippen MR) is 47.6 cm³/mol. The second-order valence-electron chi connectivity index (χ2n) is 2.74. The van der Waals surface area contributed by atoms with Crippen LogP contribution >= 0.6 is 11.9 Å². The third kappa shape index (κ3) is 0.730. The lowest BCUT2D eigenvalue weighted by molar-refractivity contribution is 0.744. The molecule has 0 N–H and O–H groups in total. The van der Waals surface area contributed by atoms with Gasteiger partial charge in [-0.2, -0.15) is 0 Å². The van der Waals surface area contributed by atoms with Crippen molar-refractivity contribution < 1.29 is 0 Å². The van der Waals surface area contributed by atoms with E-state index >= 15 is 0 Å². The monoisotopic (exact) mass is 161 g/mol. The van der Waals surface area contributed by atoms with Gasteiger partial charge in [0.2, 0.25) is 0 Å². The Hall–Kier alpha value is -0.890. The second kappa shape index (κ2) is 1.83. The van der Waals surface area contributed by atoms with Crippen LogP contribution in [0.4, 0.5) is 0 Å². The molecule has 1 nitrogen and oxygen atoms in total. The van der Waals surface area contributed by atoms with Crippen LogP contribution in [0.5, 0.6) is 0 Å². The largest absolute Gasteiger partial charge is 0.295 e. The van der Waals surface area contributed by atoms with Crippen LogP contribution in [0.25, 0.3) is 5.70 Å². The standard InChI is InChI=1S/C9H7NS/c1-2-4-7(5-3-1)8-6-9-10(8)11-9/h1-6,9H. The zero-order valence-electron chi connectivity index (χ0n) is 5.90. The maximum atomic E-state index is 2.33. The van der Waals surface area contributed by atoms with E-state index in [0.717, 1.165) is 0 Å². The summed E-state index contributed by atoms with van der Waals surface area (Å²) in [5, 5.41) is 0.713. The van der Waals surface area contributed by atoms with Gasteiger partial charge in [0.05, 0.1) is 5.70 Å². The number of fused-ring (bicyclic) bond motifs is 1. The first-order valence-corrected chi connectivity index (χ1v) is 4.52. The van der Waals surface area contributed by atoms with Gasteiger partial charge in [-0.05, 0) is 23.6 Å². The van der Waals surface area contributed by atoms with Crippen molar-refractivity contribution >= 4 is 17.6 Å². The molecule has 54 valence electrons. The fourth-order valence-electron chi connectivity index (χ4n) is 1.34. The van der Waals surface area contributed by atoms with Crippen LogP contribution in [-0.4, -0.2) is 9.68 Å². The first kappa shape index (κ1) is 5.72. The molecule has 2 aliphatic rings. The first-order chi connectivity index (χ1) is 5.45. The number of hydrogen-bond donors (Lipinski definition) is 0. The Kier molecular flexibility index (Phi) is 0.950. The minimum Gasteiger partial charge on any atom is -0.295 e. The Morgan fingerprint density at radius 2 is 2.00 bits per heavy atom. The van der Waals surface area contributed by atoms with Crippen LogP contribution in [-0.2, 0) is 0 Å². The molecule has 2 heteroatoms. The minimum atomic E-state index is 0.713. The molecule has 0 saturated carbocycles. The van der Waals surface area contributed by atoms with Gasteiger partial charge in [-0.1, -0.05) is 30.3 Å². The van der Waals surface area contributed by atoms with Crippen LogP contribution in [0, 0.1) is 0 Å². The van der Waals surface area contributed by atoms with Gasteiger partial charge in [-0.25, -0.2) is 0 Å².